The van der Waals surface area contributed by atoms with E-state index in [2.05, 4.69) is 27.9 Å². The highest BCUT2D eigenvalue weighted by atomic mass is 127. The average Bonchev–Trinajstić information content (AvgIpc) is 3.00. The molecule has 0 bridgehead atoms. The molecule has 0 aliphatic carbocycles. The molecule has 270 valence electrons. The topological polar surface area (TPSA) is 80.3 Å². The third kappa shape index (κ3) is 27.4. The first-order valence-electron chi connectivity index (χ1n) is 18.0. The van der Waals surface area contributed by atoms with Gasteiger partial charge in [-0.2, -0.15) is 0 Å². The Bertz CT molecular complexity index is 687. The van der Waals surface area contributed by atoms with Gasteiger partial charge in [0.25, 0.3) is 0 Å². The molecule has 0 saturated carbocycles. The highest BCUT2D eigenvalue weighted by molar-refractivity contribution is 6.60. The second kappa shape index (κ2) is 31.0. The number of esters is 2. The first kappa shape index (κ1) is 46.8. The predicted octanol–water partition coefficient (Wildman–Crippen LogP) is 5.63. The van der Waals surface area contributed by atoms with E-state index in [1.807, 2.05) is 0 Å². The minimum absolute atomic E-state index is 0. The molecule has 0 heterocycles. The van der Waals surface area contributed by atoms with Gasteiger partial charge in [-0.05, 0) is 12.8 Å². The van der Waals surface area contributed by atoms with Crippen molar-refractivity contribution in [2.24, 2.45) is 0 Å². The van der Waals surface area contributed by atoms with Gasteiger partial charge in [0, 0.05) is 46.6 Å². The molecule has 0 spiro atoms. The highest BCUT2D eigenvalue weighted by Crippen LogP contribution is 2.18. The molecule has 1 atom stereocenters. The maximum absolute atomic E-state index is 12.8. The molecule has 0 saturated heterocycles. The van der Waals surface area contributed by atoms with E-state index in [0.29, 0.717) is 29.9 Å². The molecule has 0 amide bonds. The van der Waals surface area contributed by atoms with E-state index in [0.717, 1.165) is 38.6 Å². The molecule has 0 N–H and O–H groups in total. The Morgan fingerprint density at radius 1 is 0.600 bits per heavy atom. The maximum atomic E-state index is 12.8. The monoisotopic (exact) mass is 773 g/mol. The molecule has 8 nitrogen and oxygen atoms in total. The Balaban J connectivity index is 0. The minimum atomic E-state index is -2.64. The Morgan fingerprint density at radius 2 is 1.00 bits per heavy atom. The van der Waals surface area contributed by atoms with Gasteiger partial charge in [-0.1, -0.05) is 117 Å². The third-order valence-electron chi connectivity index (χ3n) is 8.57. The summed E-state index contributed by atoms with van der Waals surface area (Å²) < 4.78 is 28.9. The first-order chi connectivity index (χ1) is 21.2. The zero-order chi connectivity index (χ0) is 32.9. The number of nitrogens with zero attached hydrogens (tertiary/aromatic N) is 1. The van der Waals surface area contributed by atoms with Gasteiger partial charge in [-0.25, -0.2) is 0 Å². The van der Waals surface area contributed by atoms with Crippen LogP contribution in [-0.2, 0) is 32.3 Å². The number of quaternary nitrogens is 1. The summed E-state index contributed by atoms with van der Waals surface area (Å²) in [6.07, 6.45) is 22.9. The quantitative estimate of drug-likeness (QED) is 0.0289. The fraction of sp³-hybridized carbons (Fsp3) is 0.943. The number of carbonyl (C=O) groups excluding carboxylic acids is 2. The van der Waals surface area contributed by atoms with Crippen molar-refractivity contribution in [3.05, 3.63) is 0 Å². The van der Waals surface area contributed by atoms with Crippen molar-refractivity contribution in [2.45, 2.75) is 161 Å². The molecule has 1 unspecified atom stereocenters. The minimum Gasteiger partial charge on any atom is -1.00 e. The summed E-state index contributed by atoms with van der Waals surface area (Å²) in [4.78, 5) is 25.3. The molecular formula is C35H72INO7Si. The van der Waals surface area contributed by atoms with Gasteiger partial charge >= 0.3 is 20.7 Å². The van der Waals surface area contributed by atoms with Gasteiger partial charge in [-0.3, -0.25) is 9.59 Å². The van der Waals surface area contributed by atoms with E-state index in [1.165, 1.54) is 89.9 Å². The SMILES string of the molecule is CCCCCCCCCCCC(=O)OCC(C[N+](C)(C)CCC[Si](OC)(OC)OC)OC(=O)CCCCCCCCCCC.[I-]. The van der Waals surface area contributed by atoms with Crippen molar-refractivity contribution in [1.29, 1.82) is 0 Å². The van der Waals surface area contributed by atoms with E-state index in [9.17, 15) is 9.59 Å². The number of unbranched alkanes of at least 4 members (excludes halogenated alkanes) is 16. The number of rotatable bonds is 32. The summed E-state index contributed by atoms with van der Waals surface area (Å²) in [6.45, 7) is 5.98. The van der Waals surface area contributed by atoms with Crippen LogP contribution in [0.4, 0.5) is 0 Å². The Labute approximate surface area is 296 Å². The van der Waals surface area contributed by atoms with E-state index in [1.54, 1.807) is 21.3 Å². The molecule has 0 aromatic carbocycles. The van der Waals surface area contributed by atoms with E-state index < -0.39 is 14.9 Å². The molecule has 0 fully saturated rings. The van der Waals surface area contributed by atoms with E-state index in [4.69, 9.17) is 22.8 Å². The van der Waals surface area contributed by atoms with Gasteiger partial charge in [0.15, 0.2) is 6.10 Å². The molecule has 0 radical (unpaired) electrons. The van der Waals surface area contributed by atoms with Crippen LogP contribution in [0.1, 0.15) is 149 Å². The van der Waals surface area contributed by atoms with Crippen LogP contribution in [-0.4, -0.2) is 86.5 Å². The van der Waals surface area contributed by atoms with Crippen LogP contribution in [0.3, 0.4) is 0 Å². The van der Waals surface area contributed by atoms with Crippen molar-refractivity contribution in [3.8, 4) is 0 Å². The van der Waals surface area contributed by atoms with Crippen molar-refractivity contribution in [2.75, 3.05) is 55.1 Å². The number of ether oxygens (including phenoxy) is 2. The lowest BCUT2D eigenvalue weighted by Crippen LogP contribution is -3.00. The summed E-state index contributed by atoms with van der Waals surface area (Å²) in [5.41, 5.74) is 0. The Morgan fingerprint density at radius 3 is 1.42 bits per heavy atom. The lowest BCUT2D eigenvalue weighted by Gasteiger charge is -2.34. The summed E-state index contributed by atoms with van der Waals surface area (Å²) in [5.74, 6) is -0.396. The number of hydrogen-bond donors (Lipinski definition) is 0. The standard InChI is InChI=1S/C35H72NO7Si.HI/c1-8-10-12-14-16-18-20-22-24-27-34(37)42-32-33(31-36(3,4)29-26-30-44(39-5,40-6)41-7)43-35(38)28-25-23-21-19-17-15-13-11-9-2;/h33H,8-32H2,1-7H3;1H/q+1;/p-1. The Kier molecular flexibility index (Phi) is 32.3. The molecule has 10 heteroatoms. The molecule has 0 aromatic rings. The van der Waals surface area contributed by atoms with Crippen molar-refractivity contribution in [1.82, 2.24) is 0 Å². The van der Waals surface area contributed by atoms with Gasteiger partial charge < -0.3 is 51.2 Å². The van der Waals surface area contributed by atoms with Crippen LogP contribution >= 0.6 is 0 Å². The van der Waals surface area contributed by atoms with Crippen LogP contribution in [0.5, 0.6) is 0 Å². The second-order valence-electron chi connectivity index (χ2n) is 13.2. The van der Waals surface area contributed by atoms with Crippen molar-refractivity contribution in [3.63, 3.8) is 0 Å². The molecular weight excluding hydrogens is 701 g/mol. The first-order valence-corrected chi connectivity index (χ1v) is 19.9. The zero-order valence-corrected chi connectivity index (χ0v) is 33.6. The normalized spacial score (nSPS) is 12.5. The van der Waals surface area contributed by atoms with Crippen LogP contribution in [0.15, 0.2) is 0 Å². The largest absolute Gasteiger partial charge is 1.00 e. The maximum Gasteiger partial charge on any atom is 0.500 e. The summed E-state index contributed by atoms with van der Waals surface area (Å²) in [5, 5.41) is 0. The van der Waals surface area contributed by atoms with E-state index >= 15 is 0 Å². The zero-order valence-electron chi connectivity index (χ0n) is 30.4. The number of halogens is 1. The fourth-order valence-electron chi connectivity index (χ4n) is 5.71. The average molecular weight is 774 g/mol. The van der Waals surface area contributed by atoms with Crippen LogP contribution < -0.4 is 24.0 Å². The Hall–Kier alpha value is -0.273. The van der Waals surface area contributed by atoms with Crippen molar-refractivity contribution < 1.29 is 60.8 Å². The van der Waals surface area contributed by atoms with Gasteiger partial charge in [0.05, 0.1) is 20.6 Å². The lowest BCUT2D eigenvalue weighted by atomic mass is 10.1. The number of hydrogen-bond acceptors (Lipinski definition) is 7. The third-order valence-corrected chi connectivity index (χ3v) is 11.4. The summed E-state index contributed by atoms with van der Waals surface area (Å²) >= 11 is 0. The highest BCUT2D eigenvalue weighted by Gasteiger charge is 2.38. The molecule has 45 heavy (non-hydrogen) atoms. The lowest BCUT2D eigenvalue weighted by molar-refractivity contribution is -0.893. The molecule has 0 rings (SSSR count). The second-order valence-corrected chi connectivity index (χ2v) is 16.3. The van der Waals surface area contributed by atoms with Crippen molar-refractivity contribution >= 4 is 20.7 Å². The molecule has 0 aromatic heterocycles. The van der Waals surface area contributed by atoms with Gasteiger partial charge in [-0.15, -0.1) is 0 Å². The molecule has 0 aliphatic rings. The van der Waals surface area contributed by atoms with Crippen LogP contribution in [0.25, 0.3) is 0 Å². The number of likely N-dealkylation sites (N-methyl/N-ethyl adjacent to an activating group) is 1. The van der Waals surface area contributed by atoms with E-state index in [-0.39, 0.29) is 42.5 Å². The predicted molar refractivity (Wildman–Crippen MR) is 183 cm³/mol. The van der Waals surface area contributed by atoms with Gasteiger partial charge in [0.1, 0.15) is 13.2 Å². The molecule has 0 aliphatic heterocycles. The van der Waals surface area contributed by atoms with Crippen LogP contribution in [0.2, 0.25) is 6.04 Å². The smallest absolute Gasteiger partial charge is 0.500 e. The fourth-order valence-corrected chi connectivity index (χ4v) is 7.41. The van der Waals surface area contributed by atoms with Gasteiger partial charge in [0.2, 0.25) is 0 Å². The van der Waals surface area contributed by atoms with Crippen LogP contribution in [0, 0.1) is 0 Å². The summed E-state index contributed by atoms with van der Waals surface area (Å²) in [7, 11) is 6.47. The number of carbonyl (C=O) groups is 2. The summed E-state index contributed by atoms with van der Waals surface area (Å²) in [6, 6.07) is 0.703.